The number of rotatable bonds is 2. The lowest BCUT2D eigenvalue weighted by Crippen LogP contribution is -1.89. The van der Waals surface area contributed by atoms with Gasteiger partial charge in [-0.25, -0.2) is 4.98 Å². The minimum absolute atomic E-state index is 0.431. The second-order valence-corrected chi connectivity index (χ2v) is 4.87. The highest BCUT2D eigenvalue weighted by Gasteiger charge is 2.14. The van der Waals surface area contributed by atoms with Crippen LogP contribution in [0.25, 0.3) is 22.1 Å². The second-order valence-electron chi connectivity index (χ2n) is 4.87. The van der Waals surface area contributed by atoms with Crippen LogP contribution in [0.15, 0.2) is 59.3 Å². The highest BCUT2D eigenvalue weighted by Crippen LogP contribution is 2.33. The normalized spacial score (nSPS) is 11.1. The summed E-state index contributed by atoms with van der Waals surface area (Å²) >= 11 is 0. The molecule has 4 nitrogen and oxygen atoms in total. The molecule has 2 heterocycles. The summed E-state index contributed by atoms with van der Waals surface area (Å²) in [5, 5.41) is 0.962. The molecule has 0 aliphatic heterocycles. The Bertz CT molecular complexity index is 926. The molecule has 0 saturated heterocycles. The SMILES string of the molecule is Cc1ccc(Oc2ncnc3c2oc2ccccc23)cc1. The molecule has 0 saturated carbocycles. The summed E-state index contributed by atoms with van der Waals surface area (Å²) in [5.74, 6) is 1.15. The fraction of sp³-hybridized carbons (Fsp3) is 0.0588. The molecule has 0 unspecified atom stereocenters. The molecule has 2 aromatic heterocycles. The molecule has 0 fully saturated rings. The summed E-state index contributed by atoms with van der Waals surface area (Å²) in [6.07, 6.45) is 1.49. The molecule has 21 heavy (non-hydrogen) atoms. The van der Waals surface area contributed by atoms with Gasteiger partial charge in [-0.3, -0.25) is 0 Å². The predicted molar refractivity (Wildman–Crippen MR) is 80.6 cm³/mol. The fourth-order valence-electron chi connectivity index (χ4n) is 2.29. The van der Waals surface area contributed by atoms with Crippen molar-refractivity contribution in [2.24, 2.45) is 0 Å². The molecule has 0 N–H and O–H groups in total. The maximum absolute atomic E-state index is 5.83. The molecule has 0 aliphatic carbocycles. The van der Waals surface area contributed by atoms with Crippen LogP contribution in [-0.4, -0.2) is 9.97 Å². The van der Waals surface area contributed by atoms with E-state index in [1.807, 2.05) is 55.5 Å². The van der Waals surface area contributed by atoms with Crippen molar-refractivity contribution in [3.63, 3.8) is 0 Å². The van der Waals surface area contributed by atoms with Crippen LogP contribution in [0.1, 0.15) is 5.56 Å². The molecular weight excluding hydrogens is 264 g/mol. The van der Waals surface area contributed by atoms with Crippen LogP contribution >= 0.6 is 0 Å². The minimum Gasteiger partial charge on any atom is -0.449 e. The van der Waals surface area contributed by atoms with E-state index in [4.69, 9.17) is 9.15 Å². The number of benzene rings is 2. The molecule has 0 bridgehead atoms. The van der Waals surface area contributed by atoms with E-state index in [0.717, 1.165) is 22.2 Å². The molecule has 4 heteroatoms. The van der Waals surface area contributed by atoms with Crippen LogP contribution in [-0.2, 0) is 0 Å². The highest BCUT2D eigenvalue weighted by atomic mass is 16.5. The Hall–Kier alpha value is -2.88. The standard InChI is InChI=1S/C17H12N2O2/c1-11-6-8-12(9-7-11)20-17-16-15(18-10-19-17)13-4-2-3-5-14(13)21-16/h2-10H,1H3. The van der Waals surface area contributed by atoms with Gasteiger partial charge in [-0.1, -0.05) is 29.8 Å². The number of para-hydroxylation sites is 1. The topological polar surface area (TPSA) is 48.2 Å². The zero-order valence-corrected chi connectivity index (χ0v) is 11.4. The summed E-state index contributed by atoms with van der Waals surface area (Å²) in [7, 11) is 0. The monoisotopic (exact) mass is 276 g/mol. The molecule has 0 aliphatic rings. The summed E-state index contributed by atoms with van der Waals surface area (Å²) in [4.78, 5) is 8.49. The van der Waals surface area contributed by atoms with Crippen LogP contribution in [0.5, 0.6) is 11.6 Å². The molecule has 0 spiro atoms. The van der Waals surface area contributed by atoms with Gasteiger partial charge in [-0.05, 0) is 31.2 Å². The van der Waals surface area contributed by atoms with Gasteiger partial charge in [0.1, 0.15) is 23.2 Å². The van der Waals surface area contributed by atoms with Crippen molar-refractivity contribution in [2.45, 2.75) is 6.92 Å². The number of hydrogen-bond acceptors (Lipinski definition) is 4. The maximum atomic E-state index is 5.83. The van der Waals surface area contributed by atoms with Crippen LogP contribution in [0.3, 0.4) is 0 Å². The number of aryl methyl sites for hydroxylation is 1. The van der Waals surface area contributed by atoms with Crippen molar-refractivity contribution in [2.75, 3.05) is 0 Å². The van der Waals surface area contributed by atoms with Gasteiger partial charge in [-0.2, -0.15) is 4.98 Å². The first-order chi connectivity index (χ1) is 10.3. The summed E-state index contributed by atoms with van der Waals surface area (Å²) in [6.45, 7) is 2.03. The van der Waals surface area contributed by atoms with Crippen molar-refractivity contribution >= 4 is 22.1 Å². The van der Waals surface area contributed by atoms with Crippen LogP contribution in [0.2, 0.25) is 0 Å². The minimum atomic E-state index is 0.431. The third-order valence-corrected chi connectivity index (χ3v) is 3.36. The third-order valence-electron chi connectivity index (χ3n) is 3.36. The van der Waals surface area contributed by atoms with Crippen molar-refractivity contribution in [1.29, 1.82) is 0 Å². The first-order valence-electron chi connectivity index (χ1n) is 6.68. The molecular formula is C17H12N2O2. The van der Waals surface area contributed by atoms with Gasteiger partial charge in [0.2, 0.25) is 5.58 Å². The van der Waals surface area contributed by atoms with Crippen LogP contribution in [0, 0.1) is 6.92 Å². The van der Waals surface area contributed by atoms with Gasteiger partial charge in [-0.15, -0.1) is 0 Å². The maximum Gasteiger partial charge on any atom is 0.267 e. The van der Waals surface area contributed by atoms with E-state index in [1.165, 1.54) is 11.9 Å². The smallest absolute Gasteiger partial charge is 0.267 e. The van der Waals surface area contributed by atoms with E-state index in [1.54, 1.807) is 0 Å². The zero-order chi connectivity index (χ0) is 14.2. The largest absolute Gasteiger partial charge is 0.449 e. The Morgan fingerprint density at radius 1 is 0.952 bits per heavy atom. The van der Waals surface area contributed by atoms with Crippen molar-refractivity contribution in [3.05, 3.63) is 60.4 Å². The number of nitrogens with zero attached hydrogens (tertiary/aromatic N) is 2. The summed E-state index contributed by atoms with van der Waals surface area (Å²) < 4.78 is 11.7. The Morgan fingerprint density at radius 2 is 1.76 bits per heavy atom. The molecule has 4 aromatic rings. The van der Waals surface area contributed by atoms with Crippen LogP contribution < -0.4 is 4.74 Å². The number of fused-ring (bicyclic) bond motifs is 3. The first kappa shape index (κ1) is 11.9. The molecule has 102 valence electrons. The third kappa shape index (κ3) is 2.01. The zero-order valence-electron chi connectivity index (χ0n) is 11.4. The van der Waals surface area contributed by atoms with Gasteiger partial charge < -0.3 is 9.15 Å². The fourth-order valence-corrected chi connectivity index (χ4v) is 2.29. The van der Waals surface area contributed by atoms with E-state index in [2.05, 4.69) is 9.97 Å². The molecule has 4 rings (SSSR count). The van der Waals surface area contributed by atoms with E-state index < -0.39 is 0 Å². The van der Waals surface area contributed by atoms with Gasteiger partial charge in [0, 0.05) is 5.39 Å². The van der Waals surface area contributed by atoms with Gasteiger partial charge in [0.05, 0.1) is 0 Å². The highest BCUT2D eigenvalue weighted by molar-refractivity contribution is 6.03. The van der Waals surface area contributed by atoms with Gasteiger partial charge in [0.15, 0.2) is 0 Å². The number of furan rings is 1. The Balaban J connectivity index is 1.86. The molecule has 2 aromatic carbocycles. The second kappa shape index (κ2) is 4.59. The lowest BCUT2D eigenvalue weighted by atomic mass is 10.2. The van der Waals surface area contributed by atoms with Crippen molar-refractivity contribution in [1.82, 2.24) is 9.97 Å². The Labute approximate surface area is 121 Å². The Morgan fingerprint density at radius 3 is 2.62 bits per heavy atom. The van der Waals surface area contributed by atoms with E-state index in [-0.39, 0.29) is 0 Å². The van der Waals surface area contributed by atoms with Gasteiger partial charge >= 0.3 is 0 Å². The number of aromatic nitrogens is 2. The lowest BCUT2D eigenvalue weighted by Gasteiger charge is -2.04. The molecule has 0 amide bonds. The van der Waals surface area contributed by atoms with E-state index >= 15 is 0 Å². The van der Waals surface area contributed by atoms with E-state index in [0.29, 0.717) is 11.5 Å². The number of ether oxygens (including phenoxy) is 1. The molecule has 0 radical (unpaired) electrons. The quantitative estimate of drug-likeness (QED) is 0.541. The Kier molecular flexibility index (Phi) is 2.60. The van der Waals surface area contributed by atoms with E-state index in [9.17, 15) is 0 Å². The average molecular weight is 276 g/mol. The summed E-state index contributed by atoms with van der Waals surface area (Å²) in [6, 6.07) is 15.6. The molecule has 0 atom stereocenters. The lowest BCUT2D eigenvalue weighted by molar-refractivity contribution is 0.456. The number of hydrogen-bond donors (Lipinski definition) is 0. The average Bonchev–Trinajstić information content (AvgIpc) is 2.89. The van der Waals surface area contributed by atoms with Gasteiger partial charge in [0.25, 0.3) is 5.88 Å². The summed E-state index contributed by atoms with van der Waals surface area (Å²) in [5.41, 5.74) is 3.29. The van der Waals surface area contributed by atoms with Crippen molar-refractivity contribution < 1.29 is 9.15 Å². The first-order valence-corrected chi connectivity index (χ1v) is 6.68. The van der Waals surface area contributed by atoms with Crippen molar-refractivity contribution in [3.8, 4) is 11.6 Å². The van der Waals surface area contributed by atoms with Crippen LogP contribution in [0.4, 0.5) is 0 Å². The predicted octanol–water partition coefficient (Wildman–Crippen LogP) is 4.48.